The number of allylic oxidation sites excluding steroid dienone is 4. The van der Waals surface area contributed by atoms with E-state index in [0.717, 1.165) is 11.1 Å². The van der Waals surface area contributed by atoms with E-state index in [9.17, 15) is 0 Å². The highest BCUT2D eigenvalue weighted by Crippen LogP contribution is 2.50. The van der Waals surface area contributed by atoms with E-state index in [4.69, 9.17) is 0 Å². The summed E-state index contributed by atoms with van der Waals surface area (Å²) in [4.78, 5) is 0. The van der Waals surface area contributed by atoms with Gasteiger partial charge in [-0.25, -0.2) is 0 Å². The molecule has 0 unspecified atom stereocenters. The quantitative estimate of drug-likeness (QED) is 0.0807. The van der Waals surface area contributed by atoms with Gasteiger partial charge in [-0.1, -0.05) is 425 Å². The molecule has 0 atom stereocenters. The van der Waals surface area contributed by atoms with Crippen molar-refractivity contribution in [3.05, 3.63) is 576 Å². The Labute approximate surface area is 853 Å². The number of fused-ring (bicyclic) bond motifs is 18. The van der Waals surface area contributed by atoms with Crippen molar-refractivity contribution < 1.29 is 0 Å². The lowest BCUT2D eigenvalue weighted by molar-refractivity contribution is 1.37. The van der Waals surface area contributed by atoms with Crippen molar-refractivity contribution in [3.8, 4) is 145 Å². The topological polar surface area (TPSA) is 13.2 Å². The number of benzene rings is 23. The Morgan fingerprint density at radius 1 is 0.143 bits per heavy atom. The Hall–Kier alpha value is -19.3. The normalized spacial score (nSPS) is 11.8. The lowest BCUT2D eigenvalue weighted by Crippen LogP contribution is -1.87. The van der Waals surface area contributed by atoms with Crippen LogP contribution in [0.15, 0.2) is 565 Å². The molecule has 23 aromatic carbocycles. The number of aromatic nitrogens is 3. The summed E-state index contributed by atoms with van der Waals surface area (Å²) < 4.78 is 7.42. The van der Waals surface area contributed by atoms with E-state index in [2.05, 4.69) is 584 Å². The summed E-state index contributed by atoms with van der Waals surface area (Å²) in [7, 11) is 0. The molecule has 6 aromatic heterocycles. The summed E-state index contributed by atoms with van der Waals surface area (Å²) in [5.74, 6) is 0. The van der Waals surface area contributed by atoms with Gasteiger partial charge in [-0.15, -0.1) is 0 Å². The molecule has 6 heterocycles. The Morgan fingerprint density at radius 3 is 0.619 bits per heavy atom. The van der Waals surface area contributed by atoms with Gasteiger partial charge in [-0.3, -0.25) is 0 Å². The van der Waals surface area contributed by atoms with Gasteiger partial charge >= 0.3 is 0 Å². The summed E-state index contributed by atoms with van der Waals surface area (Å²) in [6.07, 6.45) is 8.43. The van der Waals surface area contributed by atoms with Crippen molar-refractivity contribution in [2.45, 2.75) is 0 Å². The third-order valence-corrected chi connectivity index (χ3v) is 29.9. The Balaban J connectivity index is 0.000000109. The lowest BCUT2D eigenvalue weighted by atomic mass is 9.92. The molecule has 3 nitrogen and oxygen atoms in total. The molecule has 0 aliphatic carbocycles. The van der Waals surface area contributed by atoms with Crippen LogP contribution >= 0.6 is 0 Å². The zero-order valence-corrected chi connectivity index (χ0v) is 80.7. The van der Waals surface area contributed by atoms with E-state index in [1.54, 1.807) is 0 Å². The van der Waals surface area contributed by atoms with Crippen molar-refractivity contribution >= 4 is 126 Å². The summed E-state index contributed by atoms with van der Waals surface area (Å²) >= 11 is 0. The molecule has 0 spiro atoms. The molecule has 29 rings (SSSR count). The molecule has 29 aromatic rings. The van der Waals surface area contributed by atoms with E-state index in [-0.39, 0.29) is 0 Å². The van der Waals surface area contributed by atoms with E-state index < -0.39 is 0 Å². The van der Waals surface area contributed by atoms with E-state index in [0.29, 0.717) is 0 Å². The fraction of sp³-hybridized carbons (Fsp3) is 0. The third-order valence-electron chi connectivity index (χ3n) is 29.9. The van der Waals surface area contributed by atoms with E-state index in [1.165, 1.54) is 264 Å². The zero-order valence-electron chi connectivity index (χ0n) is 80.7. The van der Waals surface area contributed by atoms with Gasteiger partial charge in [0.15, 0.2) is 0 Å². The first-order valence-corrected chi connectivity index (χ1v) is 50.6. The van der Waals surface area contributed by atoms with Gasteiger partial charge in [0, 0.05) is 64.6 Å². The predicted octanol–water partition coefficient (Wildman–Crippen LogP) is 39.5. The number of nitrogens with zero attached hydrogens (tertiary/aromatic N) is 3. The maximum atomic E-state index is 4.46. The van der Waals surface area contributed by atoms with Crippen LogP contribution in [0.5, 0.6) is 0 Å². The second kappa shape index (κ2) is 37.0. The minimum Gasteiger partial charge on any atom is -0.308 e. The lowest BCUT2D eigenvalue weighted by Gasteiger charge is -2.12. The van der Waals surface area contributed by atoms with E-state index in [1.807, 2.05) is 0 Å². The molecule has 0 fully saturated rings. The van der Waals surface area contributed by atoms with Crippen LogP contribution in [0, 0.1) is 0 Å². The highest BCUT2D eigenvalue weighted by molar-refractivity contribution is 6.29. The van der Waals surface area contributed by atoms with Crippen molar-refractivity contribution in [2.75, 3.05) is 0 Å². The monoisotopic (exact) mass is 1870 g/mol. The molecule has 0 amide bonds. The van der Waals surface area contributed by atoms with Crippen LogP contribution in [-0.2, 0) is 0 Å². The van der Waals surface area contributed by atoms with Crippen LogP contribution in [0.1, 0.15) is 11.1 Å². The van der Waals surface area contributed by atoms with Crippen molar-refractivity contribution in [2.24, 2.45) is 0 Å². The first kappa shape index (κ1) is 86.8. The summed E-state index contributed by atoms with van der Waals surface area (Å²) in [5.41, 5.74) is 46.4. The number of hydrogen-bond donors (Lipinski definition) is 0. The minimum absolute atomic E-state index is 0.981. The molecule has 0 saturated heterocycles. The Morgan fingerprint density at radius 2 is 0.327 bits per heavy atom. The molecular weight excluding hydrogens is 1770 g/mol. The molecule has 0 N–H and O–H groups in total. The van der Waals surface area contributed by atoms with Gasteiger partial charge < -0.3 is 13.2 Å². The maximum absolute atomic E-state index is 4.46. The van der Waals surface area contributed by atoms with Gasteiger partial charge in [-0.2, -0.15) is 0 Å². The highest BCUT2D eigenvalue weighted by atomic mass is 14.9. The molecule has 686 valence electrons. The SMILES string of the molecule is C=C(/C=C\C=C\c1cccc(-c2ccccc2)c1)c1ccc2c(c1)c1cc(-c3ccccc3)cc3c4cc(-c5ccccc5)ccc4n2c13.c1ccc(-c2cc(-c3ccccc3)cc(-c3ccc4c(c3)c3cc(-c5ccccc5)cc5c6cc(-c7ccccc7)ccc6n4c53)c2)cc1.c1ccc(-c2cccc(-c3ccc4c(c3)c3cc(-c5cccc(-c6ccccc6)c5)cc5c6cc(-c7ccccc7)ccc6n4c53)c2)cc1. The highest BCUT2D eigenvalue weighted by Gasteiger charge is 2.26. The standard InChI is InChI=1S/2C48H31N.C48H33N/c1-5-13-32(14-6-1)36-21-23-46-42(28-36)44-30-41(35-19-11-4-12-20-35)31-45-43-29-37(22-24-47(43)49(46)48(44)45)40-26-38(33-15-7-2-8-16-33)25-39(27-40)34-17-9-3-10-18-34;1-4-12-32(13-5-1)35-18-10-20-37(26-35)40-23-25-47-43(29-40)45-31-41(38-21-11-19-36(27-38)33-14-6-2-7-15-33)30-44-42-28-39(34-16-8-3-9-17-34)22-24-46(42)49(47)48(44)45;1-33(14-11-12-15-34-16-13-23-39(28-34)35-17-5-2-6-18-35)38-24-26-46-42(29-38)44-31-41(37-21-9-4-10-22-37)32-45-43-30-40(36-19-7-3-8-20-36)25-27-47(43)49(46)48(44)45/h2*1-31H;2-32H,1H2/b;;14-11-,15-12+. The molecule has 0 radical (unpaired) electrons. The van der Waals surface area contributed by atoms with Crippen LogP contribution < -0.4 is 0 Å². The summed E-state index contributed by atoms with van der Waals surface area (Å²) in [6, 6.07) is 196. The number of hydrogen-bond acceptors (Lipinski definition) is 0. The predicted molar refractivity (Wildman–Crippen MR) is 628 cm³/mol. The summed E-state index contributed by atoms with van der Waals surface area (Å²) in [5, 5.41) is 15.3. The van der Waals surface area contributed by atoms with Crippen molar-refractivity contribution in [3.63, 3.8) is 0 Å². The zero-order chi connectivity index (χ0) is 97.4. The largest absolute Gasteiger partial charge is 0.308 e. The second-order valence-corrected chi connectivity index (χ2v) is 38.6. The van der Waals surface area contributed by atoms with Gasteiger partial charge in [0.05, 0.1) is 49.7 Å². The van der Waals surface area contributed by atoms with Crippen LogP contribution in [-0.4, -0.2) is 13.2 Å². The van der Waals surface area contributed by atoms with Crippen LogP contribution in [0.3, 0.4) is 0 Å². The molecule has 3 heteroatoms. The first-order valence-electron chi connectivity index (χ1n) is 50.6. The van der Waals surface area contributed by atoms with Gasteiger partial charge in [0.1, 0.15) is 0 Å². The minimum atomic E-state index is 0.981. The van der Waals surface area contributed by atoms with Crippen molar-refractivity contribution in [1.82, 2.24) is 13.2 Å². The smallest absolute Gasteiger partial charge is 0.0620 e. The molecule has 0 aliphatic rings. The van der Waals surface area contributed by atoms with Crippen LogP contribution in [0.2, 0.25) is 0 Å². The number of rotatable bonds is 17. The second-order valence-electron chi connectivity index (χ2n) is 38.6. The van der Waals surface area contributed by atoms with Crippen molar-refractivity contribution in [1.29, 1.82) is 0 Å². The first-order chi connectivity index (χ1) is 72.8. The molecule has 0 bridgehead atoms. The van der Waals surface area contributed by atoms with Crippen LogP contribution in [0.4, 0.5) is 0 Å². The fourth-order valence-corrected chi connectivity index (χ4v) is 22.7. The Bertz CT molecular complexity index is 10000. The average molecular weight is 1870 g/mol. The van der Waals surface area contributed by atoms with E-state index >= 15 is 0 Å². The molecular formula is C144H95N3. The average Bonchev–Trinajstić information content (AvgIpc) is 1.54. The molecule has 0 aliphatic heterocycles. The maximum Gasteiger partial charge on any atom is 0.0620 e. The van der Waals surface area contributed by atoms with Gasteiger partial charge in [0.25, 0.3) is 0 Å². The third kappa shape index (κ3) is 15.9. The molecule has 0 saturated carbocycles. The van der Waals surface area contributed by atoms with Gasteiger partial charge in [0.2, 0.25) is 0 Å². The van der Waals surface area contributed by atoms with Gasteiger partial charge in [-0.05, 0) is 307 Å². The fourth-order valence-electron chi connectivity index (χ4n) is 22.7. The molecule has 147 heavy (non-hydrogen) atoms. The Kier molecular flexibility index (Phi) is 21.8. The summed E-state index contributed by atoms with van der Waals surface area (Å²) in [6.45, 7) is 4.46. The van der Waals surface area contributed by atoms with Crippen LogP contribution in [0.25, 0.3) is 271 Å².